The molecule has 0 aliphatic heterocycles. The number of hydrogen-bond acceptors (Lipinski definition) is 6. The van der Waals surface area contributed by atoms with Crippen LogP contribution in [0.5, 0.6) is 5.75 Å². The molecule has 0 atom stereocenters. The minimum Gasteiger partial charge on any atom is -0.486 e. The van der Waals surface area contributed by atoms with Gasteiger partial charge in [-0.1, -0.05) is 12.1 Å². The molecule has 8 nitrogen and oxygen atoms in total. The summed E-state index contributed by atoms with van der Waals surface area (Å²) < 4.78 is 37.5. The first-order chi connectivity index (χ1) is 17.9. The number of aryl methyl sites for hydroxylation is 2. The maximum atomic E-state index is 15.0. The van der Waals surface area contributed by atoms with Crippen molar-refractivity contribution in [2.75, 3.05) is 0 Å². The molecule has 0 radical (unpaired) electrons. The minimum absolute atomic E-state index is 0.00705. The molecule has 1 aromatic carbocycles. The van der Waals surface area contributed by atoms with Gasteiger partial charge in [-0.05, 0) is 38.1 Å². The lowest BCUT2D eigenvalue weighted by Crippen LogP contribution is -2.23. The van der Waals surface area contributed by atoms with Gasteiger partial charge < -0.3 is 9.30 Å². The minimum atomic E-state index is -0.581. The van der Waals surface area contributed by atoms with E-state index < -0.39 is 17.2 Å². The van der Waals surface area contributed by atoms with Crippen molar-refractivity contribution < 1.29 is 13.5 Å². The fourth-order valence-corrected chi connectivity index (χ4v) is 4.17. The largest absolute Gasteiger partial charge is 0.486 e. The standard InChI is InChI=1S/C27H20F2N6O2/c1-16-9-24(35-13-19(28)11-32-35)20-6-3-7-25(26(20)33-16)37-15-22-21(17(2)31-12-23(22)29)14-34-8-4-5-18(10-30)27(34)36/h3-9,11-13H,14-15H2,1-2H3. The Morgan fingerprint density at radius 2 is 1.95 bits per heavy atom. The zero-order valence-electron chi connectivity index (χ0n) is 19.9. The van der Waals surface area contributed by atoms with Crippen molar-refractivity contribution in [1.82, 2.24) is 24.3 Å². The SMILES string of the molecule is Cc1cc(-n2cc(F)cn2)c2cccc(OCc3c(F)cnc(C)c3Cn3cccc(C#N)c3=O)c2n1. The molecule has 5 rings (SSSR count). The molecule has 0 saturated carbocycles. The number of fused-ring (bicyclic) bond motifs is 1. The first kappa shape index (κ1) is 23.8. The quantitative estimate of drug-likeness (QED) is 0.345. The highest BCUT2D eigenvalue weighted by molar-refractivity contribution is 5.91. The van der Waals surface area contributed by atoms with E-state index in [1.807, 2.05) is 12.1 Å². The van der Waals surface area contributed by atoms with E-state index in [-0.39, 0.29) is 24.3 Å². The third kappa shape index (κ3) is 4.54. The average Bonchev–Trinajstić information content (AvgIpc) is 3.32. The van der Waals surface area contributed by atoms with Gasteiger partial charge in [0.25, 0.3) is 5.56 Å². The van der Waals surface area contributed by atoms with E-state index in [1.54, 1.807) is 38.1 Å². The van der Waals surface area contributed by atoms with Crippen LogP contribution in [0.2, 0.25) is 0 Å². The lowest BCUT2D eigenvalue weighted by atomic mass is 10.1. The van der Waals surface area contributed by atoms with Crippen LogP contribution in [0.25, 0.3) is 16.6 Å². The van der Waals surface area contributed by atoms with E-state index in [0.29, 0.717) is 39.3 Å². The van der Waals surface area contributed by atoms with E-state index in [4.69, 9.17) is 4.74 Å². The third-order valence-electron chi connectivity index (χ3n) is 6.01. The molecule has 0 spiro atoms. The lowest BCUT2D eigenvalue weighted by Gasteiger charge is -2.16. The van der Waals surface area contributed by atoms with Gasteiger partial charge in [-0.3, -0.25) is 9.78 Å². The van der Waals surface area contributed by atoms with E-state index in [0.717, 1.165) is 12.4 Å². The number of aromatic nitrogens is 5. The van der Waals surface area contributed by atoms with Crippen LogP contribution in [0, 0.1) is 36.8 Å². The van der Waals surface area contributed by atoms with Crippen molar-refractivity contribution in [1.29, 1.82) is 5.26 Å². The Hall–Kier alpha value is -4.91. The summed E-state index contributed by atoms with van der Waals surface area (Å²) >= 11 is 0. The Labute approximate surface area is 210 Å². The molecule has 0 saturated heterocycles. The molecule has 0 bridgehead atoms. The fourth-order valence-electron chi connectivity index (χ4n) is 4.17. The first-order valence-electron chi connectivity index (χ1n) is 11.3. The summed E-state index contributed by atoms with van der Waals surface area (Å²) in [5.74, 6) is -0.647. The maximum Gasteiger partial charge on any atom is 0.268 e. The van der Waals surface area contributed by atoms with Crippen molar-refractivity contribution in [3.63, 3.8) is 0 Å². The van der Waals surface area contributed by atoms with Crippen molar-refractivity contribution >= 4 is 10.9 Å². The molecule has 0 fully saturated rings. The molecule has 10 heteroatoms. The lowest BCUT2D eigenvalue weighted by molar-refractivity contribution is 0.300. The Kier molecular flexibility index (Phi) is 6.19. The second kappa shape index (κ2) is 9.62. The fraction of sp³-hybridized carbons (Fsp3) is 0.148. The predicted molar refractivity (Wildman–Crippen MR) is 131 cm³/mol. The van der Waals surface area contributed by atoms with Gasteiger partial charge >= 0.3 is 0 Å². The van der Waals surface area contributed by atoms with Gasteiger partial charge in [0.05, 0.1) is 30.8 Å². The second-order valence-corrected chi connectivity index (χ2v) is 8.44. The molecule has 37 heavy (non-hydrogen) atoms. The van der Waals surface area contributed by atoms with Crippen LogP contribution in [0.4, 0.5) is 8.78 Å². The number of ether oxygens (including phenoxy) is 1. The van der Waals surface area contributed by atoms with Crippen LogP contribution in [-0.2, 0) is 13.2 Å². The summed E-state index contributed by atoms with van der Waals surface area (Å²) in [6.07, 6.45) is 5.04. The van der Waals surface area contributed by atoms with Gasteiger partial charge in [-0.25, -0.2) is 18.4 Å². The summed E-state index contributed by atoms with van der Waals surface area (Å²) in [6, 6.07) is 12.0. The molecule has 184 valence electrons. The van der Waals surface area contributed by atoms with Crippen molar-refractivity contribution in [3.05, 3.63) is 111 Å². The number of halogens is 2. The van der Waals surface area contributed by atoms with Gasteiger partial charge in [0, 0.05) is 34.1 Å². The molecular weight excluding hydrogens is 478 g/mol. The zero-order chi connectivity index (χ0) is 26.1. The molecular formula is C27H20F2N6O2. The number of rotatable bonds is 6. The van der Waals surface area contributed by atoms with E-state index >= 15 is 4.39 Å². The molecule has 0 aliphatic carbocycles. The summed E-state index contributed by atoms with van der Waals surface area (Å²) in [5, 5.41) is 13.9. The Bertz CT molecular complexity index is 1750. The first-order valence-corrected chi connectivity index (χ1v) is 11.3. The highest BCUT2D eigenvalue weighted by Gasteiger charge is 2.17. The normalized spacial score (nSPS) is 11.0. The molecule has 4 aromatic heterocycles. The van der Waals surface area contributed by atoms with Crippen LogP contribution in [-0.4, -0.2) is 24.3 Å². The number of nitrogens with zero attached hydrogens (tertiary/aromatic N) is 6. The van der Waals surface area contributed by atoms with E-state index in [1.165, 1.54) is 27.7 Å². The van der Waals surface area contributed by atoms with Gasteiger partial charge in [0.15, 0.2) is 5.82 Å². The third-order valence-corrected chi connectivity index (χ3v) is 6.01. The number of nitriles is 1. The van der Waals surface area contributed by atoms with E-state index in [9.17, 15) is 14.4 Å². The maximum absolute atomic E-state index is 15.0. The zero-order valence-corrected chi connectivity index (χ0v) is 19.9. The van der Waals surface area contributed by atoms with Crippen LogP contribution >= 0.6 is 0 Å². The molecule has 4 heterocycles. The van der Waals surface area contributed by atoms with Crippen LogP contribution in [0.15, 0.2) is 66.0 Å². The van der Waals surface area contributed by atoms with Gasteiger partial charge in [0.2, 0.25) is 0 Å². The molecule has 0 unspecified atom stereocenters. The van der Waals surface area contributed by atoms with Crippen LogP contribution < -0.4 is 10.3 Å². The Balaban J connectivity index is 1.53. The van der Waals surface area contributed by atoms with Crippen molar-refractivity contribution in [2.24, 2.45) is 0 Å². The van der Waals surface area contributed by atoms with Gasteiger partial charge in [0.1, 0.15) is 35.3 Å². The summed E-state index contributed by atoms with van der Waals surface area (Å²) in [7, 11) is 0. The van der Waals surface area contributed by atoms with Gasteiger partial charge in [-0.2, -0.15) is 10.4 Å². The monoisotopic (exact) mass is 498 g/mol. The summed E-state index contributed by atoms with van der Waals surface area (Å²) in [4.78, 5) is 21.3. The topological polar surface area (TPSA) is 98.6 Å². The smallest absolute Gasteiger partial charge is 0.268 e. The summed E-state index contributed by atoms with van der Waals surface area (Å²) in [5.41, 5.74) is 2.57. The number of benzene rings is 1. The van der Waals surface area contributed by atoms with Crippen molar-refractivity contribution in [2.45, 2.75) is 27.0 Å². The highest BCUT2D eigenvalue weighted by Crippen LogP contribution is 2.30. The predicted octanol–water partition coefficient (Wildman–Crippen LogP) is 4.37. The van der Waals surface area contributed by atoms with Gasteiger partial charge in [-0.15, -0.1) is 0 Å². The van der Waals surface area contributed by atoms with E-state index in [2.05, 4.69) is 15.1 Å². The van der Waals surface area contributed by atoms with Crippen LogP contribution in [0.3, 0.4) is 0 Å². The number of pyridine rings is 3. The average molecular weight is 498 g/mol. The Morgan fingerprint density at radius 1 is 1.11 bits per heavy atom. The van der Waals surface area contributed by atoms with Crippen molar-refractivity contribution in [3.8, 4) is 17.5 Å². The number of para-hydroxylation sites is 1. The molecule has 0 amide bonds. The van der Waals surface area contributed by atoms with Crippen LogP contribution in [0.1, 0.15) is 28.1 Å². The highest BCUT2D eigenvalue weighted by atomic mass is 19.1. The molecule has 0 N–H and O–H groups in total. The molecule has 5 aromatic rings. The molecule has 0 aliphatic rings. The summed E-state index contributed by atoms with van der Waals surface area (Å²) in [6.45, 7) is 3.38. The second-order valence-electron chi connectivity index (χ2n) is 8.44. The Morgan fingerprint density at radius 3 is 2.70 bits per heavy atom. The number of hydrogen-bond donors (Lipinski definition) is 0.